The van der Waals surface area contributed by atoms with Crippen LogP contribution in [0.1, 0.15) is 0 Å². The molecular formula is C48H30N4. The Hall–Kier alpha value is -7.04. The molecule has 0 spiro atoms. The van der Waals surface area contributed by atoms with Gasteiger partial charge in [0.1, 0.15) is 0 Å². The Morgan fingerprint density at radius 1 is 0.365 bits per heavy atom. The highest BCUT2D eigenvalue weighted by Crippen LogP contribution is 2.44. The first kappa shape index (κ1) is 28.8. The zero-order valence-electron chi connectivity index (χ0n) is 28.1. The number of fused-ring (bicyclic) bond motifs is 10. The summed E-state index contributed by atoms with van der Waals surface area (Å²) in [5, 5.41) is 8.20. The number of aromatic nitrogens is 4. The van der Waals surface area contributed by atoms with Gasteiger partial charge in [0, 0.05) is 43.6 Å². The molecule has 242 valence electrons. The second kappa shape index (κ2) is 11.2. The lowest BCUT2D eigenvalue weighted by molar-refractivity contribution is 1.02. The SMILES string of the molecule is c1ccc(-c2cccc(-c3nc(-n4c5ccc6c(c7ccccc7n6-c6ccccc6)c5c5ccc6ccccc6c54)nc4ccccc34)c2)cc1. The molecule has 0 amide bonds. The van der Waals surface area contributed by atoms with E-state index in [4.69, 9.17) is 9.97 Å². The number of benzene rings is 8. The van der Waals surface area contributed by atoms with Crippen molar-refractivity contribution in [3.63, 3.8) is 0 Å². The molecule has 11 aromatic rings. The van der Waals surface area contributed by atoms with Gasteiger partial charge in [-0.25, -0.2) is 9.97 Å². The molecule has 0 saturated carbocycles. The Morgan fingerprint density at radius 2 is 1.00 bits per heavy atom. The summed E-state index contributed by atoms with van der Waals surface area (Å²) in [5.41, 5.74) is 10.9. The molecule has 52 heavy (non-hydrogen) atoms. The van der Waals surface area contributed by atoms with Gasteiger partial charge in [0.2, 0.25) is 5.95 Å². The fourth-order valence-corrected chi connectivity index (χ4v) is 8.25. The highest BCUT2D eigenvalue weighted by atomic mass is 15.2. The summed E-state index contributed by atoms with van der Waals surface area (Å²) in [6.45, 7) is 0. The normalized spacial score (nSPS) is 11.8. The summed E-state index contributed by atoms with van der Waals surface area (Å²) >= 11 is 0. The highest BCUT2D eigenvalue weighted by Gasteiger charge is 2.23. The molecule has 4 nitrogen and oxygen atoms in total. The standard InChI is InChI=1S/C48H30N4/c1-3-14-31(15-4-1)33-17-13-18-34(30-33)46-37-22-9-11-24-40(37)49-48(50-46)52-43-29-28-42-44(45(43)39-27-26-32-16-7-8-21-36(32)47(39)52)38-23-10-12-25-41(38)51(42)35-19-5-2-6-20-35/h1-30H. The molecule has 0 radical (unpaired) electrons. The molecule has 3 aromatic heterocycles. The first-order valence-electron chi connectivity index (χ1n) is 17.7. The van der Waals surface area contributed by atoms with Crippen LogP contribution in [0.2, 0.25) is 0 Å². The van der Waals surface area contributed by atoms with Gasteiger partial charge in [-0.15, -0.1) is 0 Å². The van der Waals surface area contributed by atoms with Crippen molar-refractivity contribution in [2.24, 2.45) is 0 Å². The maximum absolute atomic E-state index is 5.50. The van der Waals surface area contributed by atoms with Gasteiger partial charge in [0.15, 0.2) is 0 Å². The molecule has 0 aliphatic carbocycles. The quantitative estimate of drug-likeness (QED) is 0.188. The van der Waals surface area contributed by atoms with Crippen molar-refractivity contribution in [2.45, 2.75) is 0 Å². The van der Waals surface area contributed by atoms with Crippen molar-refractivity contribution in [3.8, 4) is 34.0 Å². The van der Waals surface area contributed by atoms with E-state index in [1.54, 1.807) is 0 Å². The van der Waals surface area contributed by atoms with Crippen LogP contribution in [0.3, 0.4) is 0 Å². The monoisotopic (exact) mass is 662 g/mol. The zero-order chi connectivity index (χ0) is 34.2. The van der Waals surface area contributed by atoms with E-state index >= 15 is 0 Å². The Bertz CT molecular complexity index is 3170. The third-order valence-electron chi connectivity index (χ3n) is 10.5. The average molecular weight is 663 g/mol. The Balaban J connectivity index is 1.28. The Kier molecular flexibility index (Phi) is 6.22. The summed E-state index contributed by atoms with van der Waals surface area (Å²) in [5.74, 6) is 0.654. The molecule has 11 rings (SSSR count). The lowest BCUT2D eigenvalue weighted by Crippen LogP contribution is -2.04. The predicted octanol–water partition coefficient (Wildman–Crippen LogP) is 12.3. The van der Waals surface area contributed by atoms with E-state index in [1.807, 2.05) is 0 Å². The second-order valence-electron chi connectivity index (χ2n) is 13.4. The summed E-state index contributed by atoms with van der Waals surface area (Å²) in [6.07, 6.45) is 0. The molecule has 0 fully saturated rings. The third-order valence-corrected chi connectivity index (χ3v) is 10.5. The van der Waals surface area contributed by atoms with Crippen LogP contribution >= 0.6 is 0 Å². The Labute approximate surface area is 299 Å². The van der Waals surface area contributed by atoms with E-state index in [1.165, 1.54) is 48.9 Å². The summed E-state index contributed by atoms with van der Waals surface area (Å²) < 4.78 is 4.69. The molecule has 0 unspecified atom stereocenters. The van der Waals surface area contributed by atoms with Gasteiger partial charge in [0.05, 0.1) is 33.3 Å². The third kappa shape index (κ3) is 4.21. The van der Waals surface area contributed by atoms with Gasteiger partial charge in [-0.1, -0.05) is 140 Å². The highest BCUT2D eigenvalue weighted by molar-refractivity contribution is 6.31. The maximum Gasteiger partial charge on any atom is 0.235 e. The minimum Gasteiger partial charge on any atom is -0.309 e. The van der Waals surface area contributed by atoms with Gasteiger partial charge in [-0.2, -0.15) is 0 Å². The fraction of sp³-hybridized carbons (Fsp3) is 0. The van der Waals surface area contributed by atoms with Crippen LogP contribution in [-0.2, 0) is 0 Å². The molecule has 0 aliphatic rings. The van der Waals surface area contributed by atoms with Gasteiger partial charge in [-0.05, 0) is 59.0 Å². The molecule has 4 heteroatoms. The van der Waals surface area contributed by atoms with Crippen LogP contribution in [0.25, 0.3) is 99.3 Å². The molecule has 0 N–H and O–H groups in total. The summed E-state index contributed by atoms with van der Waals surface area (Å²) in [7, 11) is 0. The molecular weight excluding hydrogens is 633 g/mol. The van der Waals surface area contributed by atoms with Crippen molar-refractivity contribution in [1.29, 1.82) is 0 Å². The van der Waals surface area contributed by atoms with Crippen molar-refractivity contribution < 1.29 is 0 Å². The van der Waals surface area contributed by atoms with E-state index in [9.17, 15) is 0 Å². The van der Waals surface area contributed by atoms with Gasteiger partial charge in [0.25, 0.3) is 0 Å². The van der Waals surface area contributed by atoms with Crippen LogP contribution in [0.5, 0.6) is 0 Å². The Morgan fingerprint density at radius 3 is 1.85 bits per heavy atom. The van der Waals surface area contributed by atoms with Gasteiger partial charge >= 0.3 is 0 Å². The van der Waals surface area contributed by atoms with Gasteiger partial charge < -0.3 is 4.57 Å². The molecule has 8 aromatic carbocycles. The molecule has 0 bridgehead atoms. The largest absolute Gasteiger partial charge is 0.309 e. The maximum atomic E-state index is 5.50. The van der Waals surface area contributed by atoms with Crippen molar-refractivity contribution in [2.75, 3.05) is 0 Å². The van der Waals surface area contributed by atoms with Crippen molar-refractivity contribution in [1.82, 2.24) is 19.1 Å². The second-order valence-corrected chi connectivity index (χ2v) is 13.4. The number of hydrogen-bond acceptors (Lipinski definition) is 2. The van der Waals surface area contributed by atoms with E-state index < -0.39 is 0 Å². The fourth-order valence-electron chi connectivity index (χ4n) is 8.25. The van der Waals surface area contributed by atoms with Crippen LogP contribution in [-0.4, -0.2) is 19.1 Å². The van der Waals surface area contributed by atoms with E-state index in [-0.39, 0.29) is 0 Å². The van der Waals surface area contributed by atoms with E-state index in [0.29, 0.717) is 5.95 Å². The summed E-state index contributed by atoms with van der Waals surface area (Å²) in [4.78, 5) is 10.8. The zero-order valence-corrected chi connectivity index (χ0v) is 28.1. The van der Waals surface area contributed by atoms with Crippen LogP contribution in [0, 0.1) is 0 Å². The average Bonchev–Trinajstić information content (AvgIpc) is 3.74. The van der Waals surface area contributed by atoms with Crippen LogP contribution in [0.15, 0.2) is 182 Å². The van der Waals surface area contributed by atoms with Crippen LogP contribution < -0.4 is 0 Å². The van der Waals surface area contributed by atoms with Crippen LogP contribution in [0.4, 0.5) is 0 Å². The predicted molar refractivity (Wildman–Crippen MR) is 217 cm³/mol. The number of nitrogens with zero attached hydrogens (tertiary/aromatic N) is 4. The lowest BCUT2D eigenvalue weighted by atomic mass is 10.00. The minimum absolute atomic E-state index is 0.654. The van der Waals surface area contributed by atoms with Crippen molar-refractivity contribution >= 4 is 65.3 Å². The smallest absolute Gasteiger partial charge is 0.235 e. The molecule has 3 heterocycles. The van der Waals surface area contributed by atoms with E-state index in [0.717, 1.165) is 44.4 Å². The van der Waals surface area contributed by atoms with Gasteiger partial charge in [-0.3, -0.25) is 4.57 Å². The number of rotatable bonds is 4. The van der Waals surface area contributed by atoms with E-state index in [2.05, 4.69) is 191 Å². The molecule has 0 aliphatic heterocycles. The molecule has 0 atom stereocenters. The summed E-state index contributed by atoms with van der Waals surface area (Å²) in [6, 6.07) is 64.7. The van der Waals surface area contributed by atoms with Crippen molar-refractivity contribution in [3.05, 3.63) is 182 Å². The first-order valence-corrected chi connectivity index (χ1v) is 17.7. The minimum atomic E-state index is 0.654. The number of hydrogen-bond donors (Lipinski definition) is 0. The molecule has 0 saturated heterocycles. The first-order chi connectivity index (χ1) is 25.8. The topological polar surface area (TPSA) is 35.6 Å². The lowest BCUT2D eigenvalue weighted by Gasteiger charge is -2.13. The number of para-hydroxylation sites is 3.